The van der Waals surface area contributed by atoms with E-state index in [0.29, 0.717) is 11.6 Å². The molecule has 2 rings (SSSR count). The van der Waals surface area contributed by atoms with E-state index in [-0.39, 0.29) is 5.91 Å². The van der Waals surface area contributed by atoms with Gasteiger partial charge < -0.3 is 9.64 Å². The molecule has 0 unspecified atom stereocenters. The number of hydrogen-bond donors (Lipinski definition) is 2. The molecule has 1 amide bonds. The summed E-state index contributed by atoms with van der Waals surface area (Å²) in [6.07, 6.45) is 1.60. The molecule has 1 fully saturated rings. The second-order valence-corrected chi connectivity index (χ2v) is 4.82. The Morgan fingerprint density at radius 2 is 2.05 bits per heavy atom. The molecule has 6 heteroatoms. The second kappa shape index (κ2) is 7.23. The first-order chi connectivity index (χ1) is 9.24. The molecule has 1 aliphatic heterocycles. The largest absolute Gasteiger partial charge is 0.370 e. The molecule has 1 aromatic carbocycles. The first-order valence-corrected chi connectivity index (χ1v) is 6.60. The summed E-state index contributed by atoms with van der Waals surface area (Å²) in [5.41, 5.74) is 3.42. The summed E-state index contributed by atoms with van der Waals surface area (Å²) >= 11 is 5.78. The first kappa shape index (κ1) is 14.0. The molecule has 1 aromatic rings. The third kappa shape index (κ3) is 4.98. The number of carbonyl (C=O) groups is 1. The molecule has 0 aromatic heterocycles. The number of ether oxygens (including phenoxy) is 1. The fraction of sp³-hybridized carbons (Fsp3) is 0.385. The molecular formula is C13H17ClN3O2+. The molecule has 0 aliphatic carbocycles. The van der Waals surface area contributed by atoms with Gasteiger partial charge in [-0.3, -0.25) is 4.79 Å². The highest BCUT2D eigenvalue weighted by Crippen LogP contribution is 2.07. The maximum atomic E-state index is 11.6. The van der Waals surface area contributed by atoms with Crippen molar-refractivity contribution in [1.29, 1.82) is 0 Å². The summed E-state index contributed by atoms with van der Waals surface area (Å²) in [6.45, 7) is 3.61. The zero-order valence-corrected chi connectivity index (χ0v) is 11.3. The predicted octanol–water partition coefficient (Wildman–Crippen LogP) is -0.295. The molecule has 0 spiro atoms. The molecule has 0 bridgehead atoms. The molecule has 102 valence electrons. The lowest BCUT2D eigenvalue weighted by Crippen LogP contribution is -3.15. The Labute approximate surface area is 117 Å². The Bertz CT molecular complexity index is 442. The van der Waals surface area contributed by atoms with Crippen LogP contribution in [0.3, 0.4) is 0 Å². The number of quaternary nitrogens is 1. The lowest BCUT2D eigenvalue weighted by molar-refractivity contribution is -0.900. The van der Waals surface area contributed by atoms with Crippen molar-refractivity contribution in [1.82, 2.24) is 5.43 Å². The van der Waals surface area contributed by atoms with Gasteiger partial charge in [-0.25, -0.2) is 5.43 Å². The van der Waals surface area contributed by atoms with Crippen LogP contribution in [0.25, 0.3) is 0 Å². The van der Waals surface area contributed by atoms with Crippen LogP contribution in [-0.2, 0) is 9.53 Å². The highest BCUT2D eigenvalue weighted by molar-refractivity contribution is 6.30. The molecule has 19 heavy (non-hydrogen) atoms. The number of carbonyl (C=O) groups excluding carboxylic acids is 1. The van der Waals surface area contributed by atoms with Crippen LogP contribution in [0.2, 0.25) is 5.02 Å². The van der Waals surface area contributed by atoms with Gasteiger partial charge in [0.1, 0.15) is 13.1 Å². The van der Waals surface area contributed by atoms with Gasteiger partial charge in [0.05, 0.1) is 19.4 Å². The number of halogens is 1. The van der Waals surface area contributed by atoms with Gasteiger partial charge in [0.25, 0.3) is 5.91 Å². The lowest BCUT2D eigenvalue weighted by atomic mass is 10.2. The van der Waals surface area contributed by atoms with Gasteiger partial charge in [-0.15, -0.1) is 0 Å². The summed E-state index contributed by atoms with van der Waals surface area (Å²) in [4.78, 5) is 12.9. The van der Waals surface area contributed by atoms with Crippen molar-refractivity contribution in [2.24, 2.45) is 5.10 Å². The van der Waals surface area contributed by atoms with Crippen LogP contribution < -0.4 is 10.3 Å². The van der Waals surface area contributed by atoms with Crippen LogP contribution in [-0.4, -0.2) is 45.0 Å². The number of hydrogen-bond acceptors (Lipinski definition) is 3. The Morgan fingerprint density at radius 3 is 2.74 bits per heavy atom. The van der Waals surface area contributed by atoms with Crippen molar-refractivity contribution < 1.29 is 14.4 Å². The van der Waals surface area contributed by atoms with Gasteiger partial charge in [-0.2, -0.15) is 5.10 Å². The zero-order chi connectivity index (χ0) is 13.5. The molecule has 2 N–H and O–H groups in total. The number of morpholine rings is 1. The minimum Gasteiger partial charge on any atom is -0.370 e. The molecule has 1 heterocycles. The highest BCUT2D eigenvalue weighted by atomic mass is 35.5. The fourth-order valence-corrected chi connectivity index (χ4v) is 1.96. The van der Waals surface area contributed by atoms with Crippen LogP contribution in [0.1, 0.15) is 5.56 Å². The summed E-state index contributed by atoms with van der Waals surface area (Å²) in [5, 5.41) is 4.60. The standard InChI is InChI=1S/C13H16ClN3O2/c14-12-3-1-11(2-4-12)9-15-16-13(18)10-17-5-7-19-8-6-17/h1-4,9H,5-8,10H2,(H,16,18)/p+1/b15-9-. The number of rotatable bonds is 4. The highest BCUT2D eigenvalue weighted by Gasteiger charge is 2.16. The van der Waals surface area contributed by atoms with E-state index in [0.717, 1.165) is 31.9 Å². The van der Waals surface area contributed by atoms with E-state index in [1.54, 1.807) is 18.3 Å². The summed E-state index contributed by atoms with van der Waals surface area (Å²) < 4.78 is 5.24. The van der Waals surface area contributed by atoms with E-state index < -0.39 is 0 Å². The number of nitrogens with one attached hydrogen (secondary N) is 2. The topological polar surface area (TPSA) is 55.1 Å². The number of amides is 1. The van der Waals surface area contributed by atoms with Crippen LogP contribution in [0.4, 0.5) is 0 Å². The van der Waals surface area contributed by atoms with E-state index in [1.165, 1.54) is 4.90 Å². The molecule has 0 saturated carbocycles. The van der Waals surface area contributed by atoms with Crippen molar-refractivity contribution in [3.63, 3.8) is 0 Å². The van der Waals surface area contributed by atoms with Gasteiger partial charge in [0.15, 0.2) is 6.54 Å². The lowest BCUT2D eigenvalue weighted by Gasteiger charge is -2.22. The van der Waals surface area contributed by atoms with Crippen molar-refractivity contribution in [3.05, 3.63) is 34.9 Å². The summed E-state index contributed by atoms with van der Waals surface area (Å²) in [5.74, 6) is -0.0814. The Morgan fingerprint density at radius 1 is 1.37 bits per heavy atom. The minimum atomic E-state index is -0.0814. The predicted molar refractivity (Wildman–Crippen MR) is 73.6 cm³/mol. The van der Waals surface area contributed by atoms with Crippen LogP contribution in [0, 0.1) is 0 Å². The average Bonchev–Trinajstić information content (AvgIpc) is 2.42. The second-order valence-electron chi connectivity index (χ2n) is 4.38. The smallest absolute Gasteiger partial charge is 0.295 e. The van der Waals surface area contributed by atoms with Gasteiger partial charge in [0.2, 0.25) is 0 Å². The Hall–Kier alpha value is -1.43. The quantitative estimate of drug-likeness (QED) is 0.589. The third-order valence-corrected chi connectivity index (χ3v) is 3.14. The van der Waals surface area contributed by atoms with Crippen LogP contribution >= 0.6 is 11.6 Å². The molecule has 0 atom stereocenters. The van der Waals surface area contributed by atoms with E-state index in [2.05, 4.69) is 10.5 Å². The van der Waals surface area contributed by atoms with Gasteiger partial charge in [0, 0.05) is 5.02 Å². The molecular weight excluding hydrogens is 266 g/mol. The summed E-state index contributed by atoms with van der Waals surface area (Å²) in [6, 6.07) is 7.24. The monoisotopic (exact) mass is 282 g/mol. The van der Waals surface area contributed by atoms with Crippen LogP contribution in [0.5, 0.6) is 0 Å². The van der Waals surface area contributed by atoms with Gasteiger partial charge in [-0.05, 0) is 17.7 Å². The van der Waals surface area contributed by atoms with Gasteiger partial charge >= 0.3 is 0 Å². The van der Waals surface area contributed by atoms with Gasteiger partial charge in [-0.1, -0.05) is 23.7 Å². The number of benzene rings is 1. The fourth-order valence-electron chi connectivity index (χ4n) is 1.83. The molecule has 1 saturated heterocycles. The van der Waals surface area contributed by atoms with E-state index >= 15 is 0 Å². The number of nitrogens with zero attached hydrogens (tertiary/aromatic N) is 1. The van der Waals surface area contributed by atoms with Crippen molar-refractivity contribution in [2.45, 2.75) is 0 Å². The normalized spacial score (nSPS) is 16.7. The van der Waals surface area contributed by atoms with Crippen molar-refractivity contribution >= 4 is 23.7 Å². The van der Waals surface area contributed by atoms with Crippen LogP contribution in [0.15, 0.2) is 29.4 Å². The zero-order valence-electron chi connectivity index (χ0n) is 10.6. The molecule has 5 nitrogen and oxygen atoms in total. The number of hydrazone groups is 1. The third-order valence-electron chi connectivity index (χ3n) is 2.88. The molecule has 0 radical (unpaired) electrons. The Balaban J connectivity index is 1.74. The van der Waals surface area contributed by atoms with E-state index in [9.17, 15) is 4.79 Å². The first-order valence-electron chi connectivity index (χ1n) is 6.23. The van der Waals surface area contributed by atoms with Crippen molar-refractivity contribution in [3.8, 4) is 0 Å². The van der Waals surface area contributed by atoms with E-state index in [4.69, 9.17) is 16.3 Å². The molecule has 1 aliphatic rings. The van der Waals surface area contributed by atoms with E-state index in [1.807, 2.05) is 12.1 Å². The average molecular weight is 283 g/mol. The maximum Gasteiger partial charge on any atom is 0.295 e. The maximum absolute atomic E-state index is 11.6. The SMILES string of the molecule is O=C(C[NH+]1CCOCC1)N/N=C\c1ccc(Cl)cc1. The van der Waals surface area contributed by atoms with Crippen molar-refractivity contribution in [2.75, 3.05) is 32.8 Å². The Kier molecular flexibility index (Phi) is 5.32. The minimum absolute atomic E-state index is 0.0814. The summed E-state index contributed by atoms with van der Waals surface area (Å²) in [7, 11) is 0.